The largest absolute Gasteiger partial charge is 0.373 e. The zero-order valence-corrected chi connectivity index (χ0v) is 11.6. The Hall–Kier alpha value is -0.940. The van der Waals surface area contributed by atoms with Gasteiger partial charge in [0.2, 0.25) is 0 Å². The van der Waals surface area contributed by atoms with Gasteiger partial charge in [-0.25, -0.2) is 0 Å². The first-order valence-electron chi connectivity index (χ1n) is 6.83. The van der Waals surface area contributed by atoms with Crippen molar-refractivity contribution in [1.29, 1.82) is 0 Å². The lowest BCUT2D eigenvalue weighted by molar-refractivity contribution is -0.0951. The van der Waals surface area contributed by atoms with E-state index in [1.807, 2.05) is 14.0 Å². The molecule has 1 saturated carbocycles. The van der Waals surface area contributed by atoms with Gasteiger partial charge >= 0.3 is 0 Å². The second-order valence-electron chi connectivity index (χ2n) is 5.46. The quantitative estimate of drug-likeness (QED) is 0.887. The van der Waals surface area contributed by atoms with Gasteiger partial charge in [0.25, 0.3) is 0 Å². The molecule has 0 saturated heterocycles. The molecule has 2 rings (SSSR count). The average Bonchev–Trinajstić information content (AvgIpc) is 2.75. The fraction of sp³-hybridized carbons (Fsp3) is 0.846. The third kappa shape index (κ3) is 2.42. The minimum absolute atomic E-state index is 0.153. The second-order valence-corrected chi connectivity index (χ2v) is 5.46. The molecular formula is C13H24N4O. The number of hydrogen-bond donors (Lipinski definition) is 1. The van der Waals surface area contributed by atoms with Gasteiger partial charge in [0, 0.05) is 13.7 Å². The summed E-state index contributed by atoms with van der Waals surface area (Å²) < 4.78 is 7.84. The van der Waals surface area contributed by atoms with Crippen molar-refractivity contribution in [2.45, 2.75) is 51.2 Å². The first kappa shape index (κ1) is 13.5. The summed E-state index contributed by atoms with van der Waals surface area (Å²) in [6, 6.07) is -0.153. The van der Waals surface area contributed by atoms with E-state index in [0.29, 0.717) is 12.5 Å². The van der Waals surface area contributed by atoms with Gasteiger partial charge in [-0.1, -0.05) is 25.0 Å². The van der Waals surface area contributed by atoms with Crippen LogP contribution in [0.1, 0.15) is 51.3 Å². The Morgan fingerprint density at radius 1 is 1.67 bits per heavy atom. The summed E-state index contributed by atoms with van der Waals surface area (Å²) >= 11 is 0. The Morgan fingerprint density at radius 2 is 2.44 bits per heavy atom. The molecule has 5 heteroatoms. The number of rotatable bonds is 4. The summed E-state index contributed by atoms with van der Waals surface area (Å²) in [6.07, 6.45) is 6.25. The van der Waals surface area contributed by atoms with Gasteiger partial charge in [0.1, 0.15) is 0 Å². The molecule has 0 spiro atoms. The van der Waals surface area contributed by atoms with Crippen LogP contribution >= 0.6 is 0 Å². The Kier molecular flexibility index (Phi) is 4.02. The highest BCUT2D eigenvalue weighted by Crippen LogP contribution is 2.42. The van der Waals surface area contributed by atoms with Crippen molar-refractivity contribution in [3.8, 4) is 0 Å². The molecule has 1 aliphatic rings. The summed E-state index contributed by atoms with van der Waals surface area (Å²) in [5.74, 6) is 0.664. The molecule has 1 heterocycles. The molecule has 18 heavy (non-hydrogen) atoms. The van der Waals surface area contributed by atoms with Gasteiger partial charge in [-0.2, -0.15) is 0 Å². The number of hydrogen-bond acceptors (Lipinski definition) is 4. The third-order valence-corrected chi connectivity index (χ3v) is 4.06. The van der Waals surface area contributed by atoms with Crippen molar-refractivity contribution in [3.63, 3.8) is 0 Å². The van der Waals surface area contributed by atoms with Crippen molar-refractivity contribution in [1.82, 2.24) is 15.0 Å². The second kappa shape index (κ2) is 5.36. The molecule has 3 atom stereocenters. The molecule has 2 N–H and O–H groups in total. The lowest BCUT2D eigenvalue weighted by Gasteiger charge is -2.43. The summed E-state index contributed by atoms with van der Waals surface area (Å²) in [5, 5.41) is 7.90. The lowest BCUT2D eigenvalue weighted by Crippen LogP contribution is -2.47. The molecule has 1 fully saturated rings. The van der Waals surface area contributed by atoms with Gasteiger partial charge in [-0.15, -0.1) is 5.10 Å². The lowest BCUT2D eigenvalue weighted by atomic mass is 9.74. The highest BCUT2D eigenvalue weighted by molar-refractivity contribution is 5.10. The standard InChI is InChI=1S/C13H24N4O/c1-4-18-13(7-5-6-10(2)8-13)12(14)11-9-15-16-17(11)3/h9-10,12H,4-8,14H2,1-3H3. The molecule has 1 aromatic heterocycles. The minimum atomic E-state index is -0.248. The fourth-order valence-electron chi connectivity index (χ4n) is 3.18. The monoisotopic (exact) mass is 252 g/mol. The van der Waals surface area contributed by atoms with E-state index in [0.717, 1.165) is 18.5 Å². The van der Waals surface area contributed by atoms with E-state index < -0.39 is 0 Å². The first-order chi connectivity index (χ1) is 8.59. The normalized spacial score (nSPS) is 30.3. The van der Waals surface area contributed by atoms with Gasteiger partial charge < -0.3 is 10.5 Å². The predicted octanol–water partition coefficient (Wildman–Crippen LogP) is 1.80. The molecule has 0 radical (unpaired) electrons. The van der Waals surface area contributed by atoms with Gasteiger partial charge in [-0.05, 0) is 25.7 Å². The van der Waals surface area contributed by atoms with E-state index >= 15 is 0 Å². The first-order valence-corrected chi connectivity index (χ1v) is 6.83. The Morgan fingerprint density at radius 3 is 3.00 bits per heavy atom. The Bertz CT molecular complexity index is 388. The molecule has 0 aliphatic heterocycles. The van der Waals surface area contributed by atoms with Crippen LogP contribution in [-0.4, -0.2) is 27.2 Å². The maximum absolute atomic E-state index is 6.47. The number of nitrogens with zero attached hydrogens (tertiary/aromatic N) is 3. The van der Waals surface area contributed by atoms with E-state index in [1.165, 1.54) is 12.8 Å². The minimum Gasteiger partial charge on any atom is -0.373 e. The summed E-state index contributed by atoms with van der Waals surface area (Å²) in [6.45, 7) is 5.02. The van der Waals surface area contributed by atoms with Gasteiger partial charge in [-0.3, -0.25) is 4.68 Å². The molecule has 0 aromatic carbocycles. The number of nitrogens with two attached hydrogens (primary N) is 1. The van der Waals surface area contributed by atoms with Crippen LogP contribution in [0.5, 0.6) is 0 Å². The van der Waals surface area contributed by atoms with E-state index in [2.05, 4.69) is 17.2 Å². The van der Waals surface area contributed by atoms with Crippen molar-refractivity contribution in [3.05, 3.63) is 11.9 Å². The van der Waals surface area contributed by atoms with Crippen molar-refractivity contribution >= 4 is 0 Å². The molecule has 5 nitrogen and oxygen atoms in total. The molecule has 3 unspecified atom stereocenters. The topological polar surface area (TPSA) is 66.0 Å². The summed E-state index contributed by atoms with van der Waals surface area (Å²) in [4.78, 5) is 0. The van der Waals surface area contributed by atoms with E-state index in [4.69, 9.17) is 10.5 Å². The van der Waals surface area contributed by atoms with Crippen LogP contribution in [0.25, 0.3) is 0 Å². The fourth-order valence-corrected chi connectivity index (χ4v) is 3.18. The van der Waals surface area contributed by atoms with Crippen molar-refractivity contribution in [2.24, 2.45) is 18.7 Å². The maximum atomic E-state index is 6.47. The van der Waals surface area contributed by atoms with Crippen LogP contribution < -0.4 is 5.73 Å². The van der Waals surface area contributed by atoms with Gasteiger partial charge in [0.05, 0.1) is 23.5 Å². The predicted molar refractivity (Wildman–Crippen MR) is 69.9 cm³/mol. The van der Waals surface area contributed by atoms with E-state index in [-0.39, 0.29) is 11.6 Å². The highest BCUT2D eigenvalue weighted by atomic mass is 16.5. The molecular weight excluding hydrogens is 228 g/mol. The van der Waals surface area contributed by atoms with Crippen LogP contribution in [0.2, 0.25) is 0 Å². The van der Waals surface area contributed by atoms with Gasteiger partial charge in [0.15, 0.2) is 0 Å². The SMILES string of the molecule is CCOC1(C(N)c2cnnn2C)CCCC(C)C1. The molecule has 1 aliphatic carbocycles. The van der Waals surface area contributed by atoms with Crippen molar-refractivity contribution in [2.75, 3.05) is 6.61 Å². The zero-order chi connectivity index (χ0) is 13.2. The highest BCUT2D eigenvalue weighted by Gasteiger charge is 2.42. The Balaban J connectivity index is 2.26. The number of aryl methyl sites for hydroxylation is 1. The van der Waals surface area contributed by atoms with Crippen molar-refractivity contribution < 1.29 is 4.74 Å². The molecule has 0 bridgehead atoms. The molecule has 0 amide bonds. The molecule has 1 aromatic rings. The average molecular weight is 252 g/mol. The Labute approximate surface area is 109 Å². The zero-order valence-electron chi connectivity index (χ0n) is 11.6. The number of ether oxygens (including phenoxy) is 1. The maximum Gasteiger partial charge on any atom is 0.0892 e. The smallest absolute Gasteiger partial charge is 0.0892 e. The van der Waals surface area contributed by atoms with Crippen LogP contribution in [0.15, 0.2) is 6.20 Å². The van der Waals surface area contributed by atoms with Crippen LogP contribution in [0, 0.1) is 5.92 Å². The van der Waals surface area contributed by atoms with Crippen LogP contribution in [0.3, 0.4) is 0 Å². The molecule has 102 valence electrons. The van der Waals surface area contributed by atoms with Crippen LogP contribution in [-0.2, 0) is 11.8 Å². The van der Waals surface area contributed by atoms with Crippen LogP contribution in [0.4, 0.5) is 0 Å². The third-order valence-electron chi connectivity index (χ3n) is 4.06. The summed E-state index contributed by atoms with van der Waals surface area (Å²) in [5.41, 5.74) is 7.18. The van der Waals surface area contributed by atoms with E-state index in [1.54, 1.807) is 10.9 Å². The van der Waals surface area contributed by atoms with E-state index in [9.17, 15) is 0 Å². The summed E-state index contributed by atoms with van der Waals surface area (Å²) in [7, 11) is 1.88. The number of aromatic nitrogens is 3.